The molecule has 4 rings (SSSR count). The first kappa shape index (κ1) is 17.8. The van der Waals surface area contributed by atoms with Gasteiger partial charge >= 0.3 is 0 Å². The standard InChI is InChI=1S/C21H20N4O3/c1-4-7-14-10-11-17(18(12-14)27-3)28-13-19-22-23-21-24(2)20(26)15-8-5-6-9-16(15)25(19)21/h4-12H,13H2,1-3H3/b7-4+. The summed E-state index contributed by atoms with van der Waals surface area (Å²) in [4.78, 5) is 12.5. The molecule has 7 heteroatoms. The van der Waals surface area contributed by atoms with E-state index in [2.05, 4.69) is 10.2 Å². The Hall–Kier alpha value is -3.61. The number of benzene rings is 2. The summed E-state index contributed by atoms with van der Waals surface area (Å²) in [5.41, 5.74) is 1.67. The molecule has 0 bridgehead atoms. The number of rotatable bonds is 5. The summed E-state index contributed by atoms with van der Waals surface area (Å²) >= 11 is 0. The smallest absolute Gasteiger partial charge is 0.262 e. The molecule has 0 unspecified atom stereocenters. The van der Waals surface area contributed by atoms with E-state index in [0.29, 0.717) is 28.5 Å². The van der Waals surface area contributed by atoms with Crippen LogP contribution in [0.2, 0.25) is 0 Å². The molecular formula is C21H20N4O3. The van der Waals surface area contributed by atoms with Crippen LogP contribution < -0.4 is 15.0 Å². The molecule has 142 valence electrons. The lowest BCUT2D eigenvalue weighted by molar-refractivity contribution is 0.275. The van der Waals surface area contributed by atoms with Gasteiger partial charge in [0.25, 0.3) is 5.56 Å². The molecule has 2 aromatic carbocycles. The third-order valence-electron chi connectivity index (χ3n) is 4.60. The van der Waals surface area contributed by atoms with Crippen molar-refractivity contribution < 1.29 is 9.47 Å². The van der Waals surface area contributed by atoms with E-state index in [1.165, 1.54) is 4.57 Å². The predicted molar refractivity (Wildman–Crippen MR) is 108 cm³/mol. The lowest BCUT2D eigenvalue weighted by Gasteiger charge is -2.12. The topological polar surface area (TPSA) is 70.7 Å². The summed E-state index contributed by atoms with van der Waals surface area (Å²) in [6.45, 7) is 2.15. The van der Waals surface area contributed by atoms with Crippen LogP contribution in [0.3, 0.4) is 0 Å². The molecule has 2 heterocycles. The summed E-state index contributed by atoms with van der Waals surface area (Å²) in [5, 5.41) is 9.02. The molecule has 0 N–H and O–H groups in total. The van der Waals surface area contributed by atoms with Crippen LogP contribution in [-0.2, 0) is 13.7 Å². The van der Waals surface area contributed by atoms with Gasteiger partial charge in [-0.2, -0.15) is 0 Å². The SMILES string of the molecule is C/C=C/c1ccc(OCc2nnc3n(C)c(=O)c4ccccc4n23)c(OC)c1. The van der Waals surface area contributed by atoms with Crippen LogP contribution in [0, 0.1) is 0 Å². The number of methoxy groups -OCH3 is 1. The highest BCUT2D eigenvalue weighted by Crippen LogP contribution is 2.29. The summed E-state index contributed by atoms with van der Waals surface area (Å²) < 4.78 is 14.8. The molecule has 0 amide bonds. The van der Waals surface area contributed by atoms with E-state index in [1.54, 1.807) is 20.2 Å². The first-order valence-corrected chi connectivity index (χ1v) is 8.89. The minimum absolute atomic E-state index is 0.107. The zero-order valence-corrected chi connectivity index (χ0v) is 15.9. The molecule has 0 aliphatic rings. The highest BCUT2D eigenvalue weighted by Gasteiger charge is 2.15. The third-order valence-corrected chi connectivity index (χ3v) is 4.60. The van der Waals surface area contributed by atoms with Gasteiger partial charge in [0, 0.05) is 7.05 Å². The van der Waals surface area contributed by atoms with Gasteiger partial charge in [0.1, 0.15) is 6.61 Å². The van der Waals surface area contributed by atoms with Gasteiger partial charge < -0.3 is 9.47 Å². The third kappa shape index (κ3) is 2.90. The highest BCUT2D eigenvalue weighted by molar-refractivity contribution is 5.80. The van der Waals surface area contributed by atoms with Gasteiger partial charge in [-0.05, 0) is 36.8 Å². The average molecular weight is 376 g/mol. The Morgan fingerprint density at radius 2 is 1.93 bits per heavy atom. The maximum absolute atomic E-state index is 12.5. The van der Waals surface area contributed by atoms with Gasteiger partial charge in [-0.15, -0.1) is 10.2 Å². The lowest BCUT2D eigenvalue weighted by atomic mass is 10.2. The number of hydrogen-bond acceptors (Lipinski definition) is 5. The number of para-hydroxylation sites is 1. The van der Waals surface area contributed by atoms with Crippen molar-refractivity contribution in [2.45, 2.75) is 13.5 Å². The number of nitrogens with zero attached hydrogens (tertiary/aromatic N) is 4. The molecule has 0 atom stereocenters. The summed E-state index contributed by atoms with van der Waals surface area (Å²) in [6, 6.07) is 13.1. The van der Waals surface area contributed by atoms with Gasteiger partial charge in [-0.3, -0.25) is 13.8 Å². The first-order chi connectivity index (χ1) is 13.6. The van der Waals surface area contributed by atoms with Crippen molar-refractivity contribution in [3.05, 3.63) is 70.3 Å². The van der Waals surface area contributed by atoms with E-state index in [9.17, 15) is 4.79 Å². The second-order valence-corrected chi connectivity index (χ2v) is 6.33. The largest absolute Gasteiger partial charge is 0.493 e. The van der Waals surface area contributed by atoms with Gasteiger partial charge in [0.05, 0.1) is 18.0 Å². The first-order valence-electron chi connectivity index (χ1n) is 8.89. The van der Waals surface area contributed by atoms with Crippen LogP contribution in [0.4, 0.5) is 0 Å². The van der Waals surface area contributed by atoms with Gasteiger partial charge in [-0.25, -0.2) is 0 Å². The average Bonchev–Trinajstić information content (AvgIpc) is 3.15. The van der Waals surface area contributed by atoms with Crippen LogP contribution in [0.25, 0.3) is 22.8 Å². The normalized spacial score (nSPS) is 11.5. The van der Waals surface area contributed by atoms with E-state index >= 15 is 0 Å². The van der Waals surface area contributed by atoms with Crippen molar-refractivity contribution in [3.63, 3.8) is 0 Å². The van der Waals surface area contributed by atoms with E-state index < -0.39 is 0 Å². The van der Waals surface area contributed by atoms with Crippen molar-refractivity contribution in [1.82, 2.24) is 19.2 Å². The second kappa shape index (κ2) is 7.19. The molecule has 2 aromatic heterocycles. The predicted octanol–water partition coefficient (Wildman–Crippen LogP) is 3.20. The Bertz CT molecular complexity index is 1250. The molecule has 0 aliphatic carbocycles. The molecule has 0 aliphatic heterocycles. The molecule has 0 fully saturated rings. The van der Waals surface area contributed by atoms with Crippen LogP contribution in [0.1, 0.15) is 18.3 Å². The fourth-order valence-electron chi connectivity index (χ4n) is 3.23. The molecule has 0 saturated carbocycles. The minimum Gasteiger partial charge on any atom is -0.493 e. The maximum Gasteiger partial charge on any atom is 0.262 e. The summed E-state index contributed by atoms with van der Waals surface area (Å²) in [6.07, 6.45) is 3.96. The molecular weight excluding hydrogens is 356 g/mol. The van der Waals surface area contributed by atoms with Crippen molar-refractivity contribution >= 4 is 22.8 Å². The fraction of sp³-hybridized carbons (Fsp3) is 0.190. The maximum atomic E-state index is 12.5. The van der Waals surface area contributed by atoms with Crippen LogP contribution in [0.15, 0.2) is 53.3 Å². The van der Waals surface area contributed by atoms with E-state index in [4.69, 9.17) is 9.47 Å². The lowest BCUT2D eigenvalue weighted by Crippen LogP contribution is -2.20. The van der Waals surface area contributed by atoms with E-state index in [1.807, 2.05) is 59.9 Å². The van der Waals surface area contributed by atoms with E-state index in [0.717, 1.165) is 11.1 Å². The van der Waals surface area contributed by atoms with Crippen LogP contribution in [-0.4, -0.2) is 26.3 Å². The molecule has 7 nitrogen and oxygen atoms in total. The number of hydrogen-bond donors (Lipinski definition) is 0. The molecule has 28 heavy (non-hydrogen) atoms. The minimum atomic E-state index is -0.107. The Morgan fingerprint density at radius 1 is 1.11 bits per heavy atom. The van der Waals surface area contributed by atoms with E-state index in [-0.39, 0.29) is 12.2 Å². The zero-order valence-electron chi connectivity index (χ0n) is 15.9. The Labute approximate surface area is 161 Å². The van der Waals surface area contributed by atoms with Crippen molar-refractivity contribution in [1.29, 1.82) is 0 Å². The van der Waals surface area contributed by atoms with Gasteiger partial charge in [-0.1, -0.05) is 30.4 Å². The Morgan fingerprint density at radius 3 is 2.71 bits per heavy atom. The zero-order chi connectivity index (χ0) is 19.7. The molecule has 0 saturated heterocycles. The van der Waals surface area contributed by atoms with Crippen LogP contribution in [0.5, 0.6) is 11.5 Å². The van der Waals surface area contributed by atoms with Gasteiger partial charge in [0.15, 0.2) is 17.3 Å². The Kier molecular flexibility index (Phi) is 4.57. The van der Waals surface area contributed by atoms with Crippen LogP contribution >= 0.6 is 0 Å². The van der Waals surface area contributed by atoms with Crippen molar-refractivity contribution in [2.75, 3.05) is 7.11 Å². The number of allylic oxidation sites excluding steroid dienone is 1. The summed E-state index contributed by atoms with van der Waals surface area (Å²) in [5.74, 6) is 2.32. The van der Waals surface area contributed by atoms with Crippen molar-refractivity contribution in [3.8, 4) is 11.5 Å². The number of aromatic nitrogens is 4. The quantitative estimate of drug-likeness (QED) is 0.535. The Balaban J connectivity index is 1.75. The number of fused-ring (bicyclic) bond motifs is 3. The molecule has 0 spiro atoms. The molecule has 0 radical (unpaired) electrons. The molecule has 4 aromatic rings. The second-order valence-electron chi connectivity index (χ2n) is 6.33. The summed E-state index contributed by atoms with van der Waals surface area (Å²) in [7, 11) is 3.30. The van der Waals surface area contributed by atoms with Gasteiger partial charge in [0.2, 0.25) is 5.78 Å². The fourth-order valence-corrected chi connectivity index (χ4v) is 3.23. The number of aryl methyl sites for hydroxylation is 1. The van der Waals surface area contributed by atoms with Crippen molar-refractivity contribution in [2.24, 2.45) is 7.05 Å². The number of ether oxygens (including phenoxy) is 2. The highest BCUT2D eigenvalue weighted by atomic mass is 16.5. The monoisotopic (exact) mass is 376 g/mol.